The Bertz CT molecular complexity index is 543. The molecule has 0 heterocycles. The van der Waals surface area contributed by atoms with Gasteiger partial charge in [0.25, 0.3) is 0 Å². The van der Waals surface area contributed by atoms with Gasteiger partial charge in [-0.1, -0.05) is 54.6 Å². The zero-order valence-electron chi connectivity index (χ0n) is 11.6. The second-order valence-corrected chi connectivity index (χ2v) is 5.13. The van der Waals surface area contributed by atoms with Crippen molar-refractivity contribution in [2.45, 2.75) is 26.7 Å². The summed E-state index contributed by atoms with van der Waals surface area (Å²) in [4.78, 5) is 11.9. The maximum absolute atomic E-state index is 11.9. The monoisotopic (exact) mass is 252 g/mol. The van der Waals surface area contributed by atoms with Gasteiger partial charge in [-0.2, -0.15) is 0 Å². The quantitative estimate of drug-likeness (QED) is 0.786. The van der Waals surface area contributed by atoms with Crippen molar-refractivity contribution in [1.82, 2.24) is 0 Å². The Morgan fingerprint density at radius 3 is 2.21 bits per heavy atom. The number of aryl methyl sites for hydroxylation is 1. The van der Waals surface area contributed by atoms with Gasteiger partial charge in [0.15, 0.2) is 0 Å². The van der Waals surface area contributed by atoms with Gasteiger partial charge in [0.1, 0.15) is 5.78 Å². The van der Waals surface area contributed by atoms with Gasteiger partial charge in [-0.3, -0.25) is 4.79 Å². The molecule has 0 aliphatic heterocycles. The summed E-state index contributed by atoms with van der Waals surface area (Å²) >= 11 is 0. The topological polar surface area (TPSA) is 17.1 Å². The molecule has 2 aromatic carbocycles. The van der Waals surface area contributed by atoms with Crippen molar-refractivity contribution in [3.05, 3.63) is 71.3 Å². The van der Waals surface area contributed by atoms with Crippen molar-refractivity contribution in [3.8, 4) is 0 Å². The number of carbonyl (C=O) groups excluding carboxylic acids is 1. The molecule has 2 aromatic rings. The van der Waals surface area contributed by atoms with Crippen LogP contribution in [0, 0.1) is 12.8 Å². The van der Waals surface area contributed by atoms with Gasteiger partial charge in [0, 0.05) is 5.92 Å². The molecule has 0 bridgehead atoms. The van der Waals surface area contributed by atoms with Crippen LogP contribution >= 0.6 is 0 Å². The van der Waals surface area contributed by atoms with Crippen LogP contribution in [0.4, 0.5) is 0 Å². The molecule has 0 N–H and O–H groups in total. The molecule has 1 heteroatoms. The van der Waals surface area contributed by atoms with E-state index in [1.807, 2.05) is 30.3 Å². The first-order valence-electron chi connectivity index (χ1n) is 6.75. The van der Waals surface area contributed by atoms with Crippen molar-refractivity contribution in [3.63, 3.8) is 0 Å². The first-order chi connectivity index (χ1) is 9.16. The zero-order valence-corrected chi connectivity index (χ0v) is 11.6. The second kappa shape index (κ2) is 6.33. The highest BCUT2D eigenvalue weighted by Gasteiger charge is 2.16. The summed E-state index contributed by atoms with van der Waals surface area (Å²) in [5, 5.41) is 0. The maximum Gasteiger partial charge on any atom is 0.133 e. The van der Waals surface area contributed by atoms with Crippen LogP contribution in [0.25, 0.3) is 0 Å². The zero-order chi connectivity index (χ0) is 13.7. The Labute approximate surface area is 115 Å². The van der Waals surface area contributed by atoms with E-state index in [9.17, 15) is 4.79 Å². The molecule has 0 spiro atoms. The average Bonchev–Trinajstić information content (AvgIpc) is 2.41. The molecule has 1 unspecified atom stereocenters. The van der Waals surface area contributed by atoms with Gasteiger partial charge in [0.2, 0.25) is 0 Å². The van der Waals surface area contributed by atoms with Crippen LogP contribution in [0.15, 0.2) is 54.6 Å². The lowest BCUT2D eigenvalue weighted by Gasteiger charge is -2.15. The predicted octanol–water partition coefficient (Wildman–Crippen LogP) is 3.99. The summed E-state index contributed by atoms with van der Waals surface area (Å²) in [7, 11) is 0. The van der Waals surface area contributed by atoms with Crippen LogP contribution in [0.2, 0.25) is 0 Å². The molecule has 0 aliphatic carbocycles. The van der Waals surface area contributed by atoms with E-state index in [0.717, 1.165) is 12.8 Å². The van der Waals surface area contributed by atoms with Crippen LogP contribution in [0.1, 0.15) is 23.6 Å². The fraction of sp³-hybridized carbons (Fsp3) is 0.278. The van der Waals surface area contributed by atoms with Crippen molar-refractivity contribution in [1.29, 1.82) is 0 Å². The van der Waals surface area contributed by atoms with E-state index in [0.29, 0.717) is 0 Å². The Morgan fingerprint density at radius 1 is 0.947 bits per heavy atom. The van der Waals surface area contributed by atoms with Crippen molar-refractivity contribution in [2.24, 2.45) is 5.92 Å². The molecular formula is C18H20O. The highest BCUT2D eigenvalue weighted by Crippen LogP contribution is 2.18. The van der Waals surface area contributed by atoms with Gasteiger partial charge >= 0.3 is 0 Å². The molecular weight excluding hydrogens is 232 g/mol. The van der Waals surface area contributed by atoms with E-state index in [1.54, 1.807) is 6.92 Å². The molecule has 0 saturated heterocycles. The van der Waals surface area contributed by atoms with Gasteiger partial charge in [0.05, 0.1) is 0 Å². The number of Topliss-reactive ketones (excluding diaryl/α,β-unsaturated/α-hetero) is 1. The number of rotatable bonds is 5. The lowest BCUT2D eigenvalue weighted by molar-refractivity contribution is -0.120. The minimum absolute atomic E-state index is 0.0727. The van der Waals surface area contributed by atoms with Crippen molar-refractivity contribution >= 4 is 5.78 Å². The van der Waals surface area contributed by atoms with Crippen LogP contribution in [0.3, 0.4) is 0 Å². The molecule has 1 atom stereocenters. The highest BCUT2D eigenvalue weighted by atomic mass is 16.1. The fourth-order valence-electron chi connectivity index (χ4n) is 2.36. The molecule has 19 heavy (non-hydrogen) atoms. The normalized spacial score (nSPS) is 12.1. The van der Waals surface area contributed by atoms with Gasteiger partial charge in [-0.05, 0) is 43.4 Å². The van der Waals surface area contributed by atoms with E-state index in [2.05, 4.69) is 31.2 Å². The van der Waals surface area contributed by atoms with E-state index >= 15 is 0 Å². The lowest BCUT2D eigenvalue weighted by Crippen LogP contribution is -2.17. The Morgan fingerprint density at radius 2 is 1.58 bits per heavy atom. The Hall–Kier alpha value is -1.89. The molecule has 98 valence electrons. The van der Waals surface area contributed by atoms with Crippen molar-refractivity contribution in [2.75, 3.05) is 0 Å². The molecule has 0 saturated carbocycles. The minimum Gasteiger partial charge on any atom is -0.300 e. The van der Waals surface area contributed by atoms with Crippen molar-refractivity contribution < 1.29 is 4.79 Å². The molecule has 0 fully saturated rings. The molecule has 1 nitrogen and oxygen atoms in total. The maximum atomic E-state index is 11.9. The highest BCUT2D eigenvalue weighted by molar-refractivity contribution is 5.79. The molecule has 0 radical (unpaired) electrons. The Balaban J connectivity index is 2.13. The van der Waals surface area contributed by atoms with Gasteiger partial charge in [-0.15, -0.1) is 0 Å². The first kappa shape index (κ1) is 13.5. The number of hydrogen-bond donors (Lipinski definition) is 0. The summed E-state index contributed by atoms with van der Waals surface area (Å²) in [6, 6.07) is 18.6. The minimum atomic E-state index is 0.0727. The fourth-order valence-corrected chi connectivity index (χ4v) is 2.36. The van der Waals surface area contributed by atoms with E-state index < -0.39 is 0 Å². The third-order valence-corrected chi connectivity index (χ3v) is 3.63. The van der Waals surface area contributed by atoms with Gasteiger partial charge < -0.3 is 0 Å². The molecule has 0 aliphatic rings. The van der Waals surface area contributed by atoms with E-state index in [4.69, 9.17) is 0 Å². The van der Waals surface area contributed by atoms with E-state index in [1.165, 1.54) is 16.7 Å². The molecule has 2 rings (SSSR count). The third-order valence-electron chi connectivity index (χ3n) is 3.63. The largest absolute Gasteiger partial charge is 0.300 e. The summed E-state index contributed by atoms with van der Waals surface area (Å²) in [6.45, 7) is 3.81. The number of ketones is 1. The smallest absolute Gasteiger partial charge is 0.133 e. The molecule has 0 amide bonds. The summed E-state index contributed by atoms with van der Waals surface area (Å²) in [5.74, 6) is 0.343. The third kappa shape index (κ3) is 3.78. The van der Waals surface area contributed by atoms with Crippen LogP contribution < -0.4 is 0 Å². The predicted molar refractivity (Wildman–Crippen MR) is 79.2 cm³/mol. The number of carbonyl (C=O) groups is 1. The first-order valence-corrected chi connectivity index (χ1v) is 6.75. The summed E-state index contributed by atoms with van der Waals surface area (Å²) in [6.07, 6.45) is 1.65. The summed E-state index contributed by atoms with van der Waals surface area (Å²) < 4.78 is 0. The SMILES string of the molecule is CC(=O)C(Cc1ccccc1)Cc1ccccc1C. The molecule has 0 aromatic heterocycles. The van der Waals surface area contributed by atoms with Crippen LogP contribution in [-0.4, -0.2) is 5.78 Å². The number of hydrogen-bond acceptors (Lipinski definition) is 1. The summed E-state index contributed by atoms with van der Waals surface area (Å²) in [5.41, 5.74) is 3.77. The second-order valence-electron chi connectivity index (χ2n) is 5.13. The standard InChI is InChI=1S/C18H20O/c1-14-8-6-7-11-17(14)13-18(15(2)19)12-16-9-4-3-5-10-16/h3-11,18H,12-13H2,1-2H3. The Kier molecular flexibility index (Phi) is 4.51. The van der Waals surface area contributed by atoms with E-state index in [-0.39, 0.29) is 11.7 Å². The van der Waals surface area contributed by atoms with Crippen LogP contribution in [-0.2, 0) is 17.6 Å². The lowest BCUT2D eigenvalue weighted by atomic mass is 9.88. The average molecular weight is 252 g/mol. The number of benzene rings is 2. The van der Waals surface area contributed by atoms with Crippen LogP contribution in [0.5, 0.6) is 0 Å². The van der Waals surface area contributed by atoms with Gasteiger partial charge in [-0.25, -0.2) is 0 Å².